The molecular weight excluding hydrogens is 269 g/mol. The Morgan fingerprint density at radius 1 is 1.30 bits per heavy atom. The van der Waals surface area contributed by atoms with Gasteiger partial charge in [-0.25, -0.2) is 0 Å². The predicted octanol–water partition coefficient (Wildman–Crippen LogP) is 2.19. The molecule has 108 valence electrons. The van der Waals surface area contributed by atoms with Crippen molar-refractivity contribution >= 4 is 0 Å². The second-order valence-corrected chi connectivity index (χ2v) is 4.57. The van der Waals surface area contributed by atoms with Crippen molar-refractivity contribution in [3.05, 3.63) is 53.3 Å². The average Bonchev–Trinajstić information content (AvgIpc) is 2.82. The lowest BCUT2D eigenvalue weighted by Gasteiger charge is -2.14. The Kier molecular flexibility index (Phi) is 4.10. The number of rotatable bonds is 4. The topological polar surface area (TPSA) is 55.9 Å². The Bertz CT molecular complexity index is 560. The van der Waals surface area contributed by atoms with Crippen molar-refractivity contribution in [2.24, 2.45) is 12.9 Å². The molecule has 7 heteroatoms. The summed E-state index contributed by atoms with van der Waals surface area (Å²) >= 11 is 0. The van der Waals surface area contributed by atoms with Crippen LogP contribution in [0.25, 0.3) is 0 Å². The third kappa shape index (κ3) is 3.37. The maximum absolute atomic E-state index is 12.5. The molecule has 0 saturated carbocycles. The van der Waals surface area contributed by atoms with Crippen LogP contribution in [0.4, 0.5) is 13.2 Å². The van der Waals surface area contributed by atoms with Crippen molar-refractivity contribution in [3.8, 4) is 0 Å². The summed E-state index contributed by atoms with van der Waals surface area (Å²) in [6, 6.07) is 4.88. The SMILES string of the molecule is Cn1cc(C(Cc2ccc(C(F)(F)F)cc2)NN)cn1. The van der Waals surface area contributed by atoms with E-state index in [2.05, 4.69) is 10.5 Å². The molecule has 0 aliphatic heterocycles. The van der Waals surface area contributed by atoms with Crippen LogP contribution in [0, 0.1) is 0 Å². The van der Waals surface area contributed by atoms with E-state index in [1.54, 1.807) is 17.9 Å². The molecule has 1 aromatic heterocycles. The summed E-state index contributed by atoms with van der Waals surface area (Å²) in [6.45, 7) is 0. The molecule has 1 heterocycles. The van der Waals surface area contributed by atoms with Gasteiger partial charge in [-0.1, -0.05) is 12.1 Å². The second-order valence-electron chi connectivity index (χ2n) is 4.57. The third-order valence-electron chi connectivity index (χ3n) is 3.05. The quantitative estimate of drug-likeness (QED) is 0.668. The van der Waals surface area contributed by atoms with Crippen LogP contribution in [0.15, 0.2) is 36.7 Å². The van der Waals surface area contributed by atoms with Crippen molar-refractivity contribution in [2.75, 3.05) is 0 Å². The van der Waals surface area contributed by atoms with Gasteiger partial charge in [-0.2, -0.15) is 18.3 Å². The van der Waals surface area contributed by atoms with Crippen LogP contribution in [-0.2, 0) is 19.6 Å². The molecule has 2 rings (SSSR count). The summed E-state index contributed by atoms with van der Waals surface area (Å²) < 4.78 is 39.1. The van der Waals surface area contributed by atoms with Gasteiger partial charge < -0.3 is 0 Å². The Morgan fingerprint density at radius 3 is 2.40 bits per heavy atom. The Labute approximate surface area is 114 Å². The number of halogens is 3. The summed E-state index contributed by atoms with van der Waals surface area (Å²) in [5.74, 6) is 5.49. The van der Waals surface area contributed by atoms with Gasteiger partial charge in [0.1, 0.15) is 0 Å². The fourth-order valence-corrected chi connectivity index (χ4v) is 1.96. The van der Waals surface area contributed by atoms with Crippen molar-refractivity contribution in [3.63, 3.8) is 0 Å². The van der Waals surface area contributed by atoms with Gasteiger partial charge in [0.2, 0.25) is 0 Å². The summed E-state index contributed by atoms with van der Waals surface area (Å²) in [5.41, 5.74) is 3.65. The highest BCUT2D eigenvalue weighted by Crippen LogP contribution is 2.29. The van der Waals surface area contributed by atoms with Gasteiger partial charge in [-0.05, 0) is 24.1 Å². The Morgan fingerprint density at radius 2 is 1.95 bits per heavy atom. The van der Waals surface area contributed by atoms with Gasteiger partial charge in [0.25, 0.3) is 0 Å². The molecule has 0 amide bonds. The molecule has 1 aromatic carbocycles. The van der Waals surface area contributed by atoms with Crippen LogP contribution in [0.2, 0.25) is 0 Å². The normalized spacial score (nSPS) is 13.4. The van der Waals surface area contributed by atoms with Gasteiger partial charge in [0, 0.05) is 18.8 Å². The van der Waals surface area contributed by atoms with E-state index in [-0.39, 0.29) is 6.04 Å². The number of benzene rings is 1. The number of alkyl halides is 3. The zero-order chi connectivity index (χ0) is 14.8. The molecule has 2 aromatic rings. The number of aromatic nitrogens is 2. The van der Waals surface area contributed by atoms with Crippen LogP contribution in [0.1, 0.15) is 22.7 Å². The third-order valence-corrected chi connectivity index (χ3v) is 3.05. The summed E-state index contributed by atoms with van der Waals surface area (Å²) in [6.07, 6.45) is -0.336. The number of nitrogens with two attached hydrogens (primary N) is 1. The van der Waals surface area contributed by atoms with Crippen LogP contribution in [-0.4, -0.2) is 9.78 Å². The van der Waals surface area contributed by atoms with E-state index >= 15 is 0 Å². The number of nitrogens with zero attached hydrogens (tertiary/aromatic N) is 2. The van der Waals surface area contributed by atoms with E-state index in [4.69, 9.17) is 5.84 Å². The molecule has 0 bridgehead atoms. The maximum atomic E-state index is 12.5. The first-order chi connectivity index (χ1) is 9.40. The summed E-state index contributed by atoms with van der Waals surface area (Å²) in [5, 5.41) is 4.05. The van der Waals surface area contributed by atoms with E-state index in [1.807, 2.05) is 6.20 Å². The highest BCUT2D eigenvalue weighted by atomic mass is 19.4. The average molecular weight is 284 g/mol. The second kappa shape index (κ2) is 5.64. The molecule has 1 atom stereocenters. The van der Waals surface area contributed by atoms with E-state index in [0.29, 0.717) is 6.42 Å². The lowest BCUT2D eigenvalue weighted by atomic mass is 10.0. The molecule has 0 aliphatic rings. The lowest BCUT2D eigenvalue weighted by Crippen LogP contribution is -2.29. The molecule has 0 radical (unpaired) electrons. The van der Waals surface area contributed by atoms with Crippen molar-refractivity contribution in [1.29, 1.82) is 0 Å². The maximum Gasteiger partial charge on any atom is 0.416 e. The molecule has 0 saturated heterocycles. The minimum atomic E-state index is -4.31. The van der Waals surface area contributed by atoms with Gasteiger partial charge in [-0.15, -0.1) is 0 Å². The largest absolute Gasteiger partial charge is 0.416 e. The molecule has 20 heavy (non-hydrogen) atoms. The van der Waals surface area contributed by atoms with Gasteiger partial charge >= 0.3 is 6.18 Å². The number of nitrogens with one attached hydrogen (secondary N) is 1. The van der Waals surface area contributed by atoms with Crippen molar-refractivity contribution in [1.82, 2.24) is 15.2 Å². The number of aryl methyl sites for hydroxylation is 1. The predicted molar refractivity (Wildman–Crippen MR) is 68.4 cm³/mol. The zero-order valence-corrected chi connectivity index (χ0v) is 10.9. The van der Waals surface area contributed by atoms with Gasteiger partial charge in [0.15, 0.2) is 0 Å². The first-order valence-corrected chi connectivity index (χ1v) is 6.01. The smallest absolute Gasteiger partial charge is 0.275 e. The monoisotopic (exact) mass is 284 g/mol. The highest BCUT2D eigenvalue weighted by Gasteiger charge is 2.30. The minimum absolute atomic E-state index is 0.194. The molecule has 0 spiro atoms. The fourth-order valence-electron chi connectivity index (χ4n) is 1.96. The first-order valence-electron chi connectivity index (χ1n) is 6.01. The number of hydrazine groups is 1. The number of hydrogen-bond donors (Lipinski definition) is 2. The van der Waals surface area contributed by atoms with Crippen molar-refractivity contribution in [2.45, 2.75) is 18.6 Å². The molecule has 0 fully saturated rings. The highest BCUT2D eigenvalue weighted by molar-refractivity contribution is 5.26. The van der Waals surface area contributed by atoms with Gasteiger partial charge in [0.05, 0.1) is 17.8 Å². The van der Waals surface area contributed by atoms with Crippen molar-refractivity contribution < 1.29 is 13.2 Å². The van der Waals surface area contributed by atoms with E-state index in [1.165, 1.54) is 12.1 Å². The summed E-state index contributed by atoms with van der Waals surface area (Å²) in [7, 11) is 1.79. The number of hydrogen-bond acceptors (Lipinski definition) is 3. The first kappa shape index (κ1) is 14.5. The van der Waals surface area contributed by atoms with Crippen LogP contribution in [0.3, 0.4) is 0 Å². The van der Waals surface area contributed by atoms with Crippen LogP contribution < -0.4 is 11.3 Å². The van der Waals surface area contributed by atoms with Gasteiger partial charge in [-0.3, -0.25) is 16.0 Å². The Balaban J connectivity index is 2.12. The fraction of sp³-hybridized carbons (Fsp3) is 0.308. The van der Waals surface area contributed by atoms with Crippen LogP contribution >= 0.6 is 0 Å². The molecule has 3 N–H and O–H groups in total. The van der Waals surface area contributed by atoms with E-state index in [0.717, 1.165) is 23.3 Å². The standard InChI is InChI=1S/C13H15F3N4/c1-20-8-10(7-18-20)12(19-17)6-9-2-4-11(5-3-9)13(14,15)16/h2-5,7-8,12,19H,6,17H2,1H3. The molecule has 1 unspecified atom stereocenters. The molecule has 0 aliphatic carbocycles. The summed E-state index contributed by atoms with van der Waals surface area (Å²) in [4.78, 5) is 0. The van der Waals surface area contributed by atoms with E-state index < -0.39 is 11.7 Å². The lowest BCUT2D eigenvalue weighted by molar-refractivity contribution is -0.137. The van der Waals surface area contributed by atoms with E-state index in [9.17, 15) is 13.2 Å². The van der Waals surface area contributed by atoms with Crippen LogP contribution in [0.5, 0.6) is 0 Å². The molecular formula is C13H15F3N4. The zero-order valence-electron chi connectivity index (χ0n) is 10.9. The minimum Gasteiger partial charge on any atom is -0.275 e. The Hall–Kier alpha value is -1.86. The molecule has 4 nitrogen and oxygen atoms in total.